The fourth-order valence-electron chi connectivity index (χ4n) is 4.01. The van der Waals surface area contributed by atoms with Crippen molar-refractivity contribution < 1.29 is 22.7 Å². The van der Waals surface area contributed by atoms with Gasteiger partial charge in [0.15, 0.2) is 11.9 Å². The van der Waals surface area contributed by atoms with Gasteiger partial charge in [0.05, 0.1) is 11.9 Å². The minimum absolute atomic E-state index is 0.0115. The molecule has 1 aliphatic rings. The number of aryl methyl sites for hydroxylation is 1. The van der Waals surface area contributed by atoms with Crippen molar-refractivity contribution in [2.24, 2.45) is 16.5 Å². The largest absolute Gasteiger partial charge is 0.415 e. The number of alkyl halides is 3. The number of hydrogen-bond acceptors (Lipinski definition) is 7. The minimum atomic E-state index is -4.65. The maximum atomic E-state index is 15.0. The van der Waals surface area contributed by atoms with Crippen LogP contribution in [0.1, 0.15) is 36.8 Å². The smallest absolute Gasteiger partial charge is 0.402 e. The molecule has 0 radical (unpaired) electrons. The van der Waals surface area contributed by atoms with Crippen LogP contribution in [-0.2, 0) is 0 Å². The number of allylic oxidation sites excluding steroid dienone is 1. The predicted octanol–water partition coefficient (Wildman–Crippen LogP) is 4.27. The van der Waals surface area contributed by atoms with Crippen molar-refractivity contribution in [3.8, 4) is 0 Å². The van der Waals surface area contributed by atoms with E-state index in [0.717, 1.165) is 11.1 Å². The predicted molar refractivity (Wildman–Crippen MR) is 131 cm³/mol. The number of amidine groups is 1. The molecule has 0 aliphatic carbocycles. The summed E-state index contributed by atoms with van der Waals surface area (Å²) in [6, 6.07) is 3.05. The van der Waals surface area contributed by atoms with Gasteiger partial charge in [0.1, 0.15) is 16.7 Å². The molecule has 196 valence electrons. The second-order valence-electron chi connectivity index (χ2n) is 8.74. The lowest BCUT2D eigenvalue weighted by Crippen LogP contribution is -2.44. The summed E-state index contributed by atoms with van der Waals surface area (Å²) in [5.74, 6) is -0.313. The van der Waals surface area contributed by atoms with Crippen molar-refractivity contribution in [3.63, 3.8) is 0 Å². The van der Waals surface area contributed by atoms with Crippen LogP contribution >= 0.6 is 11.6 Å². The molecule has 1 fully saturated rings. The van der Waals surface area contributed by atoms with Gasteiger partial charge in [-0.2, -0.15) is 18.2 Å². The lowest BCUT2D eigenvalue weighted by atomic mass is 9.86. The van der Waals surface area contributed by atoms with Gasteiger partial charge in [-0.05, 0) is 75.0 Å². The summed E-state index contributed by atoms with van der Waals surface area (Å²) in [6.45, 7) is 3.77. The third kappa shape index (κ3) is 7.28. The lowest BCUT2D eigenvalue weighted by molar-refractivity contribution is -0.208. The molecule has 1 aromatic carbocycles. The van der Waals surface area contributed by atoms with Crippen LogP contribution in [0.15, 0.2) is 35.1 Å². The Morgan fingerprint density at radius 1 is 1.33 bits per heavy atom. The lowest BCUT2D eigenvalue weighted by Gasteiger charge is -2.34. The fraction of sp³-hybridized carbons (Fsp3) is 0.435. The Kier molecular flexibility index (Phi) is 8.75. The zero-order valence-electron chi connectivity index (χ0n) is 19.8. The number of aliphatic hydroxyl groups is 1. The summed E-state index contributed by atoms with van der Waals surface area (Å²) in [5.41, 5.74) is 13.6. The molecule has 1 atom stereocenters. The SMILES string of the molecule is C/C(N)=C/C(N)=Nc1nc(Nc2cc(C)c(C3CCN(CC(O)C(F)(F)F)CC3)cc2F)ncc1Cl. The summed E-state index contributed by atoms with van der Waals surface area (Å²) in [6.07, 6.45) is -3.17. The zero-order valence-corrected chi connectivity index (χ0v) is 20.5. The van der Waals surface area contributed by atoms with Gasteiger partial charge in [0.25, 0.3) is 0 Å². The zero-order chi connectivity index (χ0) is 26.6. The summed E-state index contributed by atoms with van der Waals surface area (Å²) < 4.78 is 52.9. The van der Waals surface area contributed by atoms with E-state index < -0.39 is 24.6 Å². The summed E-state index contributed by atoms with van der Waals surface area (Å²) in [7, 11) is 0. The molecule has 36 heavy (non-hydrogen) atoms. The molecule has 3 rings (SSSR count). The minimum Gasteiger partial charge on any atom is -0.402 e. The molecule has 0 spiro atoms. The van der Waals surface area contributed by atoms with E-state index in [4.69, 9.17) is 23.1 Å². The summed E-state index contributed by atoms with van der Waals surface area (Å²) >= 11 is 6.09. The number of likely N-dealkylation sites (tertiary alicyclic amines) is 1. The van der Waals surface area contributed by atoms with Crippen LogP contribution in [0.3, 0.4) is 0 Å². The number of aromatic nitrogens is 2. The van der Waals surface area contributed by atoms with Gasteiger partial charge in [-0.25, -0.2) is 14.4 Å². The molecule has 2 heterocycles. The highest BCUT2D eigenvalue weighted by Crippen LogP contribution is 2.34. The molecule has 2 aromatic rings. The quantitative estimate of drug-likeness (QED) is 0.240. The van der Waals surface area contributed by atoms with Gasteiger partial charge < -0.3 is 26.8 Å². The number of benzene rings is 1. The highest BCUT2D eigenvalue weighted by Gasteiger charge is 2.39. The molecule has 0 amide bonds. The van der Waals surface area contributed by atoms with Crippen LogP contribution in [-0.4, -0.2) is 57.7 Å². The van der Waals surface area contributed by atoms with E-state index in [-0.39, 0.29) is 34.2 Å². The first-order valence-electron chi connectivity index (χ1n) is 11.2. The topological polar surface area (TPSA) is 126 Å². The van der Waals surface area contributed by atoms with Crippen LogP contribution < -0.4 is 16.8 Å². The third-order valence-electron chi connectivity index (χ3n) is 5.77. The normalized spacial score (nSPS) is 17.3. The number of nitrogens with two attached hydrogens (primary N) is 2. The average Bonchev–Trinajstić information content (AvgIpc) is 2.77. The van der Waals surface area contributed by atoms with Gasteiger partial charge in [-0.3, -0.25) is 0 Å². The first kappa shape index (κ1) is 27.6. The monoisotopic (exact) mass is 529 g/mol. The molecule has 0 bridgehead atoms. The fourth-order valence-corrected chi connectivity index (χ4v) is 4.15. The summed E-state index contributed by atoms with van der Waals surface area (Å²) in [4.78, 5) is 13.9. The Morgan fingerprint density at radius 2 is 2.00 bits per heavy atom. The Balaban J connectivity index is 1.71. The second-order valence-corrected chi connectivity index (χ2v) is 9.14. The van der Waals surface area contributed by atoms with Crippen LogP contribution in [0, 0.1) is 12.7 Å². The Labute approximate surface area is 211 Å². The number of aliphatic hydroxyl groups excluding tert-OH is 1. The molecule has 0 saturated carbocycles. The number of aliphatic imine (C=N–C) groups is 1. The van der Waals surface area contributed by atoms with Gasteiger partial charge in [-0.15, -0.1) is 0 Å². The van der Waals surface area contributed by atoms with Crippen molar-refractivity contribution in [3.05, 3.63) is 52.1 Å². The van der Waals surface area contributed by atoms with Crippen LogP contribution in [0.5, 0.6) is 0 Å². The standard InChI is InChI=1S/C23H28ClF4N7O/c1-12-7-18(32-22-31-10-16(24)21(34-22)33-20(30)8-13(2)29)17(25)9-15(12)14-3-5-35(6-4-14)11-19(36)23(26,27)28/h7-10,14,19,36H,3-6,11,29H2,1-2H3,(H3,30,31,32,33,34)/b13-8-. The molecule has 1 aromatic heterocycles. The second kappa shape index (κ2) is 11.4. The van der Waals surface area contributed by atoms with Crippen molar-refractivity contribution >= 4 is 34.9 Å². The third-order valence-corrected chi connectivity index (χ3v) is 6.04. The van der Waals surface area contributed by atoms with E-state index in [1.807, 2.05) is 6.92 Å². The first-order valence-corrected chi connectivity index (χ1v) is 11.6. The first-order chi connectivity index (χ1) is 16.8. The maximum absolute atomic E-state index is 15.0. The number of rotatable bonds is 7. The number of nitrogens with one attached hydrogen (secondary N) is 1. The van der Waals surface area contributed by atoms with Crippen LogP contribution in [0.25, 0.3) is 0 Å². The van der Waals surface area contributed by atoms with E-state index >= 15 is 4.39 Å². The molecule has 13 heteroatoms. The molecular weight excluding hydrogens is 502 g/mol. The molecule has 8 nitrogen and oxygen atoms in total. The molecule has 1 aliphatic heterocycles. The highest BCUT2D eigenvalue weighted by atomic mass is 35.5. The maximum Gasteiger partial charge on any atom is 0.415 e. The van der Waals surface area contributed by atoms with E-state index in [9.17, 15) is 18.3 Å². The van der Waals surface area contributed by atoms with Crippen molar-refractivity contribution in [1.82, 2.24) is 14.9 Å². The average molecular weight is 530 g/mol. The number of piperidine rings is 1. The van der Waals surface area contributed by atoms with Gasteiger partial charge in [-0.1, -0.05) is 11.6 Å². The van der Waals surface area contributed by atoms with Gasteiger partial charge >= 0.3 is 6.18 Å². The number of β-amino-alcohol motifs (C(OH)–C–C–N with tert-alkyl or cyclic N) is 1. The van der Waals surface area contributed by atoms with Crippen LogP contribution in [0.4, 0.5) is 35.0 Å². The van der Waals surface area contributed by atoms with E-state index in [1.54, 1.807) is 17.9 Å². The number of anilines is 2. The molecule has 6 N–H and O–H groups in total. The highest BCUT2D eigenvalue weighted by molar-refractivity contribution is 6.32. The van der Waals surface area contributed by atoms with E-state index in [2.05, 4.69) is 20.3 Å². The summed E-state index contributed by atoms with van der Waals surface area (Å²) in [5, 5.41) is 12.3. The Bertz CT molecular complexity index is 1140. The number of nitrogens with zero attached hydrogens (tertiary/aromatic N) is 4. The van der Waals surface area contributed by atoms with Crippen molar-refractivity contribution in [2.45, 2.75) is 44.9 Å². The number of halogens is 5. The van der Waals surface area contributed by atoms with Crippen molar-refractivity contribution in [1.29, 1.82) is 0 Å². The van der Waals surface area contributed by atoms with E-state index in [1.165, 1.54) is 18.3 Å². The Morgan fingerprint density at radius 3 is 2.61 bits per heavy atom. The molecular formula is C23H28ClF4N7O. The van der Waals surface area contributed by atoms with Crippen molar-refractivity contribution in [2.75, 3.05) is 25.0 Å². The number of hydrogen-bond donors (Lipinski definition) is 4. The van der Waals surface area contributed by atoms with Crippen LogP contribution in [0.2, 0.25) is 5.02 Å². The molecule has 1 saturated heterocycles. The van der Waals surface area contributed by atoms with E-state index in [0.29, 0.717) is 31.6 Å². The Hall–Kier alpha value is -2.96. The van der Waals surface area contributed by atoms with Gasteiger partial charge in [0.2, 0.25) is 5.95 Å². The molecule has 1 unspecified atom stereocenters. The van der Waals surface area contributed by atoms with Gasteiger partial charge in [0, 0.05) is 12.2 Å².